The fraction of sp³-hybridized carbons (Fsp3) is 0.429. The molecule has 1 saturated heterocycles. The van der Waals surface area contributed by atoms with Crippen molar-refractivity contribution in [2.24, 2.45) is 0 Å². The highest BCUT2D eigenvalue weighted by Gasteiger charge is 2.28. The maximum absolute atomic E-state index is 11.9. The highest BCUT2D eigenvalue weighted by Crippen LogP contribution is 2.27. The third kappa shape index (κ3) is 2.68. The van der Waals surface area contributed by atoms with Crippen LogP contribution >= 0.6 is 0 Å². The second kappa shape index (κ2) is 5.81. The summed E-state index contributed by atoms with van der Waals surface area (Å²) in [5.41, 5.74) is 6.69. The van der Waals surface area contributed by atoms with E-state index in [4.69, 9.17) is 10.8 Å². The average Bonchev–Trinajstić information content (AvgIpc) is 2.46. The Kier molecular flexibility index (Phi) is 4.12. The summed E-state index contributed by atoms with van der Waals surface area (Å²) in [7, 11) is 1.61. The minimum absolute atomic E-state index is 0.0431. The highest BCUT2D eigenvalue weighted by molar-refractivity contribution is 5.95. The molecule has 0 aromatic heterocycles. The first-order valence-electron chi connectivity index (χ1n) is 6.65. The summed E-state index contributed by atoms with van der Waals surface area (Å²) >= 11 is 0. The molecule has 0 spiro atoms. The molecule has 1 unspecified atom stereocenters. The Morgan fingerprint density at radius 1 is 1.40 bits per heavy atom. The zero-order valence-corrected chi connectivity index (χ0v) is 11.4. The molecule has 1 aromatic rings. The van der Waals surface area contributed by atoms with Crippen molar-refractivity contribution in [1.29, 1.82) is 0 Å². The summed E-state index contributed by atoms with van der Waals surface area (Å²) in [6, 6.07) is 4.63. The lowest BCUT2D eigenvalue weighted by atomic mass is 9.99. The Morgan fingerprint density at radius 3 is 2.80 bits per heavy atom. The lowest BCUT2D eigenvalue weighted by molar-refractivity contribution is -0.122. The van der Waals surface area contributed by atoms with Gasteiger partial charge < -0.3 is 21.1 Å². The number of carbonyl (C=O) groups is 2. The van der Waals surface area contributed by atoms with E-state index in [0.29, 0.717) is 0 Å². The van der Waals surface area contributed by atoms with E-state index in [9.17, 15) is 9.59 Å². The van der Waals surface area contributed by atoms with E-state index in [2.05, 4.69) is 5.32 Å². The molecule has 1 aliphatic rings. The molecule has 0 aliphatic carbocycles. The summed E-state index contributed by atoms with van der Waals surface area (Å²) in [5, 5.41) is 11.8. The Balaban J connectivity index is 2.35. The molecule has 1 amide bonds. The number of carboxylic acids is 1. The number of likely N-dealkylation sites (N-methyl/N-ethyl adjacent to an activating group) is 1. The number of nitrogens with two attached hydrogens (primary N) is 1. The Labute approximate surface area is 117 Å². The Hall–Kier alpha value is -2.24. The molecular weight excluding hydrogens is 258 g/mol. The molecule has 0 bridgehead atoms. The van der Waals surface area contributed by atoms with Crippen molar-refractivity contribution >= 4 is 23.3 Å². The number of carbonyl (C=O) groups excluding carboxylic acids is 1. The number of aromatic carboxylic acids is 1. The zero-order chi connectivity index (χ0) is 14.7. The van der Waals surface area contributed by atoms with Crippen molar-refractivity contribution < 1.29 is 14.7 Å². The van der Waals surface area contributed by atoms with E-state index in [-0.39, 0.29) is 23.2 Å². The van der Waals surface area contributed by atoms with Crippen molar-refractivity contribution in [3.8, 4) is 0 Å². The molecule has 20 heavy (non-hydrogen) atoms. The molecule has 1 atom stereocenters. The van der Waals surface area contributed by atoms with Gasteiger partial charge in [0.2, 0.25) is 5.91 Å². The number of hydrogen-bond donors (Lipinski definition) is 3. The lowest BCUT2D eigenvalue weighted by Gasteiger charge is -2.36. The van der Waals surface area contributed by atoms with Gasteiger partial charge in [-0.05, 0) is 37.5 Å². The molecular formula is C14H19N3O3. The summed E-state index contributed by atoms with van der Waals surface area (Å²) in [6.07, 6.45) is 2.75. The lowest BCUT2D eigenvalue weighted by Crippen LogP contribution is -2.48. The second-order valence-electron chi connectivity index (χ2n) is 4.90. The first-order valence-corrected chi connectivity index (χ1v) is 6.65. The van der Waals surface area contributed by atoms with Gasteiger partial charge in [0.05, 0.1) is 5.56 Å². The number of nitrogens with zero attached hydrogens (tertiary/aromatic N) is 1. The van der Waals surface area contributed by atoms with Gasteiger partial charge in [-0.2, -0.15) is 0 Å². The van der Waals surface area contributed by atoms with Gasteiger partial charge in [-0.3, -0.25) is 4.79 Å². The van der Waals surface area contributed by atoms with Gasteiger partial charge in [0.15, 0.2) is 0 Å². The second-order valence-corrected chi connectivity index (χ2v) is 4.90. The van der Waals surface area contributed by atoms with Gasteiger partial charge in [-0.1, -0.05) is 0 Å². The van der Waals surface area contributed by atoms with Crippen molar-refractivity contribution in [1.82, 2.24) is 5.32 Å². The molecule has 2 rings (SSSR count). The van der Waals surface area contributed by atoms with Crippen LogP contribution in [0, 0.1) is 0 Å². The number of anilines is 2. The number of nitrogen functional groups attached to an aromatic ring is 1. The van der Waals surface area contributed by atoms with Crippen LogP contribution in [0.2, 0.25) is 0 Å². The van der Waals surface area contributed by atoms with Gasteiger partial charge >= 0.3 is 5.97 Å². The van der Waals surface area contributed by atoms with Crippen LogP contribution in [0.4, 0.5) is 11.4 Å². The van der Waals surface area contributed by atoms with Crippen LogP contribution < -0.4 is 16.0 Å². The molecule has 0 radical (unpaired) electrons. The summed E-state index contributed by atoms with van der Waals surface area (Å²) in [5.74, 6) is -1.10. The van der Waals surface area contributed by atoms with E-state index in [1.54, 1.807) is 25.2 Å². The monoisotopic (exact) mass is 277 g/mol. The van der Waals surface area contributed by atoms with Crippen LogP contribution in [0.1, 0.15) is 29.6 Å². The number of amides is 1. The molecule has 1 aliphatic heterocycles. The molecule has 1 heterocycles. The average molecular weight is 277 g/mol. The predicted molar refractivity (Wildman–Crippen MR) is 76.9 cm³/mol. The number of hydrogen-bond acceptors (Lipinski definition) is 4. The molecule has 6 nitrogen and oxygen atoms in total. The van der Waals surface area contributed by atoms with Crippen LogP contribution in [0.15, 0.2) is 18.2 Å². The fourth-order valence-electron chi connectivity index (χ4n) is 2.59. The van der Waals surface area contributed by atoms with Crippen LogP contribution in [-0.4, -0.2) is 36.6 Å². The smallest absolute Gasteiger partial charge is 0.337 e. The largest absolute Gasteiger partial charge is 0.478 e. The Bertz CT molecular complexity index is 530. The van der Waals surface area contributed by atoms with E-state index < -0.39 is 5.97 Å². The summed E-state index contributed by atoms with van der Waals surface area (Å²) in [4.78, 5) is 25.0. The SMILES string of the molecule is CNC(=O)C1CCCCN1c1ccc(N)c(C(=O)O)c1. The maximum Gasteiger partial charge on any atom is 0.337 e. The van der Waals surface area contributed by atoms with Crippen molar-refractivity contribution in [3.63, 3.8) is 0 Å². The zero-order valence-electron chi connectivity index (χ0n) is 11.4. The molecule has 4 N–H and O–H groups in total. The van der Waals surface area contributed by atoms with Crippen LogP contribution in [-0.2, 0) is 4.79 Å². The van der Waals surface area contributed by atoms with E-state index in [1.165, 1.54) is 0 Å². The fourth-order valence-corrected chi connectivity index (χ4v) is 2.59. The van der Waals surface area contributed by atoms with E-state index in [1.807, 2.05) is 4.90 Å². The van der Waals surface area contributed by atoms with Gasteiger partial charge in [0, 0.05) is 25.0 Å². The topological polar surface area (TPSA) is 95.7 Å². The summed E-state index contributed by atoms with van der Waals surface area (Å²) in [6.45, 7) is 0.737. The minimum Gasteiger partial charge on any atom is -0.478 e. The summed E-state index contributed by atoms with van der Waals surface area (Å²) < 4.78 is 0. The van der Waals surface area contributed by atoms with Crippen LogP contribution in [0.25, 0.3) is 0 Å². The molecule has 108 valence electrons. The van der Waals surface area contributed by atoms with E-state index >= 15 is 0 Å². The van der Waals surface area contributed by atoms with Crippen LogP contribution in [0.5, 0.6) is 0 Å². The van der Waals surface area contributed by atoms with Crippen molar-refractivity contribution in [3.05, 3.63) is 23.8 Å². The number of rotatable bonds is 3. The number of carboxylic acid groups (broad SMARTS) is 1. The number of nitrogens with one attached hydrogen (secondary N) is 1. The molecule has 1 aromatic carbocycles. The first-order chi connectivity index (χ1) is 9.54. The number of benzene rings is 1. The maximum atomic E-state index is 11.9. The highest BCUT2D eigenvalue weighted by atomic mass is 16.4. The molecule has 1 fully saturated rings. The van der Waals surface area contributed by atoms with Crippen LogP contribution in [0.3, 0.4) is 0 Å². The Morgan fingerprint density at radius 2 is 2.15 bits per heavy atom. The van der Waals surface area contributed by atoms with Crippen molar-refractivity contribution in [2.45, 2.75) is 25.3 Å². The van der Waals surface area contributed by atoms with Gasteiger partial charge in [0.25, 0.3) is 0 Å². The first kappa shape index (κ1) is 14.2. The quantitative estimate of drug-likeness (QED) is 0.718. The number of piperidine rings is 1. The third-order valence-electron chi connectivity index (χ3n) is 3.65. The van der Waals surface area contributed by atoms with Crippen molar-refractivity contribution in [2.75, 3.05) is 24.2 Å². The van der Waals surface area contributed by atoms with E-state index in [0.717, 1.165) is 31.5 Å². The van der Waals surface area contributed by atoms with Gasteiger partial charge in [-0.25, -0.2) is 4.79 Å². The molecule has 0 saturated carbocycles. The predicted octanol–water partition coefficient (Wildman–Crippen LogP) is 1.07. The normalized spacial score (nSPS) is 18.6. The minimum atomic E-state index is -1.06. The standard InChI is InChI=1S/C14H19N3O3/c1-16-13(18)12-4-2-3-7-17(12)9-5-6-11(15)10(8-9)14(19)20/h5-6,8,12H,2-4,7,15H2,1H3,(H,16,18)(H,19,20). The van der Waals surface area contributed by atoms with Gasteiger partial charge in [0.1, 0.15) is 6.04 Å². The van der Waals surface area contributed by atoms with Gasteiger partial charge in [-0.15, -0.1) is 0 Å². The third-order valence-corrected chi connectivity index (χ3v) is 3.65. The molecule has 6 heteroatoms.